The maximum atomic E-state index is 13.4. The number of hydrogen-bond acceptors (Lipinski definition) is 25. The van der Waals surface area contributed by atoms with Crippen LogP contribution in [0.15, 0.2) is 23.3 Å². The highest BCUT2D eigenvalue weighted by molar-refractivity contribution is 5.87. The highest BCUT2D eigenvalue weighted by Gasteiger charge is 2.73. The van der Waals surface area contributed by atoms with Gasteiger partial charge in [0.1, 0.15) is 98.2 Å². The zero-order chi connectivity index (χ0) is 62.6. The Morgan fingerprint density at radius 2 is 1.29 bits per heavy atom. The van der Waals surface area contributed by atoms with Crippen molar-refractivity contribution in [2.75, 3.05) is 26.4 Å². The van der Waals surface area contributed by atoms with Gasteiger partial charge in [-0.3, -0.25) is 4.79 Å². The quantitative estimate of drug-likeness (QED) is 0.0421. The van der Waals surface area contributed by atoms with E-state index >= 15 is 0 Å². The maximum Gasteiger partial charge on any atom is 0.335 e. The fourth-order valence-corrected chi connectivity index (χ4v) is 17.0. The number of hydrogen-bond donors (Lipinski definition) is 13. The molecule has 13 N–H and O–H groups in total. The second kappa shape index (κ2) is 24.4. The van der Waals surface area contributed by atoms with E-state index in [4.69, 9.17) is 47.4 Å². The van der Waals surface area contributed by atoms with Gasteiger partial charge >= 0.3 is 17.9 Å². The molecule has 484 valence electrons. The minimum Gasteiger partial charge on any atom is -0.479 e. The Balaban J connectivity index is 1.03. The van der Waals surface area contributed by atoms with Gasteiger partial charge in [0.25, 0.3) is 0 Å². The molecule has 0 aromatic heterocycles. The summed E-state index contributed by atoms with van der Waals surface area (Å²) in [7, 11) is 0. The average molecular weight is 1220 g/mol. The number of carboxylic acid groups (broad SMARTS) is 1. The molecule has 9 aliphatic rings. The van der Waals surface area contributed by atoms with Gasteiger partial charge < -0.3 is 114 Å². The normalized spacial score (nSPS) is 50.5. The smallest absolute Gasteiger partial charge is 0.335 e. The largest absolute Gasteiger partial charge is 0.479 e. The van der Waals surface area contributed by atoms with Gasteiger partial charge in [-0.1, -0.05) is 66.2 Å². The SMILES string of the molecule is C/C=C(\C)C(=O)O[C@H]1[C@H](O)[C@]2(COC(C)=O)[C@H](O)C[C@]3(C)C(=CC[C@@H]4[C@@]5(C)CC[C@H](O[C@@H]6O[C@H](C(=O)O)[C@@H](O)[C@H](O[C@@H]7OC[C@H](O)[C@H](O)[C@H]7O[C@@H]7OC[C@@H](O)[C@H](O)[C@H]7O)[C@H]6O[C@@H]6O[C@H](CO)[C@H](O)[C@H](O)[C@H]6O)C(C)(C)[C@@H]5CC[C@]43C)[C@@H]2CC1(C)C. The van der Waals surface area contributed by atoms with E-state index in [1.165, 1.54) is 6.92 Å². The van der Waals surface area contributed by atoms with Crippen molar-refractivity contribution in [1.29, 1.82) is 0 Å². The molecule has 26 heteroatoms. The van der Waals surface area contributed by atoms with Crippen LogP contribution in [0, 0.1) is 50.2 Å². The van der Waals surface area contributed by atoms with Crippen molar-refractivity contribution in [1.82, 2.24) is 0 Å². The topological polar surface area (TPSA) is 407 Å². The van der Waals surface area contributed by atoms with Crippen LogP contribution in [0.2, 0.25) is 0 Å². The summed E-state index contributed by atoms with van der Waals surface area (Å²) < 4.78 is 60.4. The van der Waals surface area contributed by atoms with Crippen molar-refractivity contribution in [2.45, 2.75) is 249 Å². The Hall–Kier alpha value is -2.91. The second-order valence-electron chi connectivity index (χ2n) is 27.6. The molecule has 4 saturated carbocycles. The van der Waals surface area contributed by atoms with Crippen LogP contribution in [0.1, 0.15) is 114 Å². The lowest BCUT2D eigenvalue weighted by Crippen LogP contribution is -2.72. The number of aliphatic carboxylic acids is 1. The fourth-order valence-electron chi connectivity index (χ4n) is 17.0. The molecule has 0 unspecified atom stereocenters. The second-order valence-corrected chi connectivity index (χ2v) is 27.6. The first-order valence-corrected chi connectivity index (χ1v) is 29.8. The van der Waals surface area contributed by atoms with Crippen molar-refractivity contribution in [2.24, 2.45) is 50.2 Å². The summed E-state index contributed by atoms with van der Waals surface area (Å²) in [6.07, 6.45) is -30.8. The summed E-state index contributed by atoms with van der Waals surface area (Å²) in [6, 6.07) is 0. The zero-order valence-electron chi connectivity index (χ0n) is 50.0. The van der Waals surface area contributed by atoms with Crippen molar-refractivity contribution in [3.63, 3.8) is 0 Å². The number of aliphatic hydroxyl groups is 12. The monoisotopic (exact) mass is 1220 g/mol. The van der Waals surface area contributed by atoms with Gasteiger partial charge in [-0.05, 0) is 98.2 Å². The van der Waals surface area contributed by atoms with Crippen LogP contribution < -0.4 is 0 Å². The number of esters is 2. The van der Waals surface area contributed by atoms with E-state index in [0.29, 0.717) is 44.1 Å². The number of carbonyl (C=O) groups excluding carboxylic acids is 2. The summed E-state index contributed by atoms with van der Waals surface area (Å²) in [5.41, 5.74) is -3.17. The van der Waals surface area contributed by atoms with Gasteiger partial charge in [-0.2, -0.15) is 0 Å². The minimum atomic E-state index is -2.21. The molecule has 26 nitrogen and oxygen atoms in total. The molecule has 5 aliphatic carbocycles. The van der Waals surface area contributed by atoms with E-state index in [2.05, 4.69) is 26.8 Å². The number of allylic oxidation sites excluding steroid dienone is 3. The molecule has 4 heterocycles. The van der Waals surface area contributed by atoms with Gasteiger partial charge in [0.2, 0.25) is 0 Å². The Labute approximate surface area is 493 Å². The van der Waals surface area contributed by atoms with Crippen molar-refractivity contribution in [3.05, 3.63) is 23.3 Å². The number of ether oxygens (including phenoxy) is 10. The van der Waals surface area contributed by atoms with Gasteiger partial charge in [-0.25, -0.2) is 9.59 Å². The molecule has 0 aromatic rings. The van der Waals surface area contributed by atoms with Crippen molar-refractivity contribution in [3.8, 4) is 0 Å². The Morgan fingerprint density at radius 1 is 0.671 bits per heavy atom. The number of rotatable bonds is 14. The van der Waals surface area contributed by atoms with Crippen LogP contribution in [0.5, 0.6) is 0 Å². The van der Waals surface area contributed by atoms with E-state index in [0.717, 1.165) is 5.57 Å². The summed E-state index contributed by atoms with van der Waals surface area (Å²) in [4.78, 5) is 39.1. The molecule has 4 aliphatic heterocycles. The molecule has 85 heavy (non-hydrogen) atoms. The number of carboxylic acids is 1. The number of fused-ring (bicyclic) bond motifs is 7. The molecule has 0 bridgehead atoms. The van der Waals surface area contributed by atoms with Crippen molar-refractivity contribution >= 4 is 17.9 Å². The molecule has 0 spiro atoms. The maximum absolute atomic E-state index is 13.4. The van der Waals surface area contributed by atoms with E-state index < -0.39 is 211 Å². The van der Waals surface area contributed by atoms with Crippen LogP contribution in [0.25, 0.3) is 0 Å². The van der Waals surface area contributed by atoms with Crippen LogP contribution in [0.4, 0.5) is 0 Å². The Bertz CT molecular complexity index is 2490. The number of aliphatic hydroxyl groups excluding tert-OH is 12. The van der Waals surface area contributed by atoms with Gasteiger partial charge in [0.05, 0.1) is 37.4 Å². The van der Waals surface area contributed by atoms with E-state index in [1.807, 2.05) is 27.7 Å². The highest BCUT2D eigenvalue weighted by Crippen LogP contribution is 2.76. The molecule has 0 radical (unpaired) electrons. The summed E-state index contributed by atoms with van der Waals surface area (Å²) in [6.45, 7) is 16.9. The molecule has 29 atom stereocenters. The third kappa shape index (κ3) is 11.2. The minimum absolute atomic E-state index is 0.00886. The molecule has 4 saturated heterocycles. The Kier molecular flexibility index (Phi) is 19.1. The Morgan fingerprint density at radius 3 is 1.93 bits per heavy atom. The highest BCUT2D eigenvalue weighted by atomic mass is 16.8. The first-order chi connectivity index (χ1) is 39.7. The third-order valence-corrected chi connectivity index (χ3v) is 22.2. The molecular formula is C59H92O26. The molecule has 0 aromatic carbocycles. The lowest BCUT2D eigenvalue weighted by molar-refractivity contribution is -0.399. The van der Waals surface area contributed by atoms with Gasteiger partial charge in [0.15, 0.2) is 31.3 Å². The fraction of sp³-hybridized carbons (Fsp3) is 0.881. The van der Waals surface area contributed by atoms with Crippen LogP contribution in [-0.2, 0) is 61.8 Å². The van der Waals surface area contributed by atoms with Crippen LogP contribution >= 0.6 is 0 Å². The van der Waals surface area contributed by atoms with Gasteiger partial charge in [-0.15, -0.1) is 0 Å². The molecule has 0 amide bonds. The summed E-state index contributed by atoms with van der Waals surface area (Å²) >= 11 is 0. The lowest BCUT2D eigenvalue weighted by atomic mass is 9.33. The van der Waals surface area contributed by atoms with E-state index in [-0.39, 0.29) is 24.9 Å². The standard InChI is InChI=1S/C59H92O26/c1-11-24(2)49(75)85-47-46(72)59(23-78-25(3)61)27(18-54(47,4)5)26-12-13-32-56(8)16-15-34(55(6,7)31(56)14-17-57(32,9)58(26,10)19-33(59)64)80-53-45(84-51-40(70)38(68)37(67)30(20-60)79-51)42(41(71)43(82-53)48(73)74)81-52-44(36(66)29(63)22-77-52)83-50-39(69)35(65)28(62)21-76-50/h11-12,27-47,50-53,60,62-72H,13-23H2,1-10H3,(H,73,74)/b24-11+/t27-,28+,29-,30+,31-,32+,33+,34-,35-,36-,37-,38-,39+,40+,41-,42-,43-,44+,45+,46-,47-,50-,51-,52-,53+,56-,57+,58+,59-/m0/s1. The lowest BCUT2D eigenvalue weighted by Gasteiger charge is -2.72. The molecule has 9 rings (SSSR count). The number of carbonyl (C=O) groups is 3. The summed E-state index contributed by atoms with van der Waals surface area (Å²) in [5, 5.41) is 145. The van der Waals surface area contributed by atoms with E-state index in [9.17, 15) is 80.8 Å². The zero-order valence-corrected chi connectivity index (χ0v) is 50.0. The van der Waals surface area contributed by atoms with Crippen molar-refractivity contribution < 1.29 is 128 Å². The molecular weight excluding hydrogens is 1120 g/mol. The molecule has 8 fully saturated rings. The predicted octanol–water partition coefficient (Wildman–Crippen LogP) is -1.19. The average Bonchev–Trinajstić information content (AvgIpc) is 0.706. The first kappa shape index (κ1) is 66.5. The third-order valence-electron chi connectivity index (χ3n) is 22.2. The predicted molar refractivity (Wildman–Crippen MR) is 288 cm³/mol. The van der Waals surface area contributed by atoms with E-state index in [1.54, 1.807) is 19.9 Å². The van der Waals surface area contributed by atoms with Crippen LogP contribution in [-0.4, -0.2) is 246 Å². The van der Waals surface area contributed by atoms with Gasteiger partial charge in [0, 0.05) is 17.9 Å². The first-order valence-electron chi connectivity index (χ1n) is 29.8. The summed E-state index contributed by atoms with van der Waals surface area (Å²) in [5.74, 6) is -3.49. The van der Waals surface area contributed by atoms with Crippen LogP contribution in [0.3, 0.4) is 0 Å².